The van der Waals surface area contributed by atoms with Gasteiger partial charge in [-0.15, -0.1) is 0 Å². The fourth-order valence-corrected chi connectivity index (χ4v) is 3.51. The molecule has 0 aromatic heterocycles. The Balaban J connectivity index is 1.64. The van der Waals surface area contributed by atoms with E-state index in [-0.39, 0.29) is 30.8 Å². The third-order valence-corrected chi connectivity index (χ3v) is 4.55. The van der Waals surface area contributed by atoms with E-state index in [1.165, 1.54) is 5.56 Å². The summed E-state index contributed by atoms with van der Waals surface area (Å²) in [5.41, 5.74) is 4.56. The van der Waals surface area contributed by atoms with Crippen molar-refractivity contribution < 1.29 is 19.4 Å². The second kappa shape index (κ2) is 5.99. The van der Waals surface area contributed by atoms with Gasteiger partial charge in [0.05, 0.1) is 25.7 Å². The molecule has 0 saturated carbocycles. The van der Waals surface area contributed by atoms with Crippen LogP contribution in [-0.2, 0) is 20.7 Å². The number of hydrogen-bond acceptors (Lipinski definition) is 4. The number of aliphatic hydroxyl groups excluding tert-OH is 1. The van der Waals surface area contributed by atoms with Crippen LogP contribution in [0.15, 0.2) is 12.1 Å². The Morgan fingerprint density at radius 2 is 1.82 bits per heavy atom. The molecule has 2 saturated heterocycles. The van der Waals surface area contributed by atoms with E-state index in [0.717, 1.165) is 16.7 Å². The number of nitrogens with one attached hydrogen (secondary N) is 1. The average molecular weight is 305 g/mol. The molecule has 5 nitrogen and oxygen atoms in total. The molecule has 2 fully saturated rings. The highest BCUT2D eigenvalue weighted by molar-refractivity contribution is 5.79. The van der Waals surface area contributed by atoms with Crippen LogP contribution in [0.2, 0.25) is 0 Å². The zero-order valence-corrected chi connectivity index (χ0v) is 13.3. The Morgan fingerprint density at radius 1 is 1.18 bits per heavy atom. The lowest BCUT2D eigenvalue weighted by Crippen LogP contribution is -2.44. The van der Waals surface area contributed by atoms with Crippen LogP contribution in [0.4, 0.5) is 0 Å². The summed E-state index contributed by atoms with van der Waals surface area (Å²) in [6, 6.07) is 4.02. The topological polar surface area (TPSA) is 67.8 Å². The summed E-state index contributed by atoms with van der Waals surface area (Å²) in [5, 5.41) is 12.7. The van der Waals surface area contributed by atoms with Crippen LogP contribution in [0.3, 0.4) is 0 Å². The average Bonchev–Trinajstić information content (AvgIpc) is 2.99. The zero-order valence-electron chi connectivity index (χ0n) is 13.3. The predicted molar refractivity (Wildman–Crippen MR) is 81.8 cm³/mol. The van der Waals surface area contributed by atoms with Gasteiger partial charge >= 0.3 is 0 Å². The molecule has 120 valence electrons. The molecule has 3 rings (SSSR count). The number of amides is 1. The standard InChI is InChI=1S/C17H23NO4/c1-9-4-10(2)12(11(3)5-9)6-15(20)18-13-7-21-17-14(19)8-22-16(13)17/h4-5,13-14,16-17,19H,6-8H2,1-3H3,(H,18,20)/t13-,14+,16+,17+/m0/s1. The highest BCUT2D eigenvalue weighted by Crippen LogP contribution is 2.27. The van der Waals surface area contributed by atoms with Gasteiger partial charge in [-0.05, 0) is 37.5 Å². The van der Waals surface area contributed by atoms with Crippen molar-refractivity contribution in [2.24, 2.45) is 0 Å². The first-order chi connectivity index (χ1) is 10.5. The van der Waals surface area contributed by atoms with E-state index in [1.807, 2.05) is 13.8 Å². The lowest BCUT2D eigenvalue weighted by Gasteiger charge is -2.18. The van der Waals surface area contributed by atoms with E-state index < -0.39 is 6.10 Å². The van der Waals surface area contributed by atoms with Crippen LogP contribution < -0.4 is 5.32 Å². The minimum Gasteiger partial charge on any atom is -0.388 e. The second-order valence-corrected chi connectivity index (χ2v) is 6.39. The molecule has 0 spiro atoms. The van der Waals surface area contributed by atoms with Crippen molar-refractivity contribution >= 4 is 5.91 Å². The fraction of sp³-hybridized carbons (Fsp3) is 0.588. The van der Waals surface area contributed by atoms with Crippen LogP contribution in [0, 0.1) is 20.8 Å². The van der Waals surface area contributed by atoms with Crippen molar-refractivity contribution in [3.05, 3.63) is 34.4 Å². The maximum Gasteiger partial charge on any atom is 0.224 e. The summed E-state index contributed by atoms with van der Waals surface area (Å²) in [6.45, 7) is 6.80. The molecule has 1 aromatic carbocycles. The third-order valence-electron chi connectivity index (χ3n) is 4.55. The number of carbonyl (C=O) groups excluding carboxylic acids is 1. The molecular weight excluding hydrogens is 282 g/mol. The lowest BCUT2D eigenvalue weighted by atomic mass is 9.97. The SMILES string of the molecule is Cc1cc(C)c(CC(=O)N[C@H]2CO[C@H]3[C@@H]2OC[C@H]3O)c(C)c1. The summed E-state index contributed by atoms with van der Waals surface area (Å²) >= 11 is 0. The molecule has 4 atom stereocenters. The first kappa shape index (κ1) is 15.5. The molecule has 22 heavy (non-hydrogen) atoms. The lowest BCUT2D eigenvalue weighted by molar-refractivity contribution is -0.121. The first-order valence-electron chi connectivity index (χ1n) is 7.73. The van der Waals surface area contributed by atoms with Crippen molar-refractivity contribution in [2.75, 3.05) is 13.2 Å². The van der Waals surface area contributed by atoms with Crippen molar-refractivity contribution in [1.82, 2.24) is 5.32 Å². The Bertz CT molecular complexity index is 563. The third kappa shape index (κ3) is 2.89. The highest BCUT2D eigenvalue weighted by atomic mass is 16.6. The molecule has 2 aliphatic rings. The maximum absolute atomic E-state index is 12.3. The number of benzene rings is 1. The second-order valence-electron chi connectivity index (χ2n) is 6.39. The van der Waals surface area contributed by atoms with Crippen molar-refractivity contribution in [2.45, 2.75) is 51.5 Å². The van der Waals surface area contributed by atoms with Gasteiger partial charge in [-0.1, -0.05) is 17.7 Å². The predicted octanol–water partition coefficient (Wildman–Crippen LogP) is 0.798. The number of ether oxygens (including phenoxy) is 2. The van der Waals surface area contributed by atoms with Crippen LogP contribution >= 0.6 is 0 Å². The molecule has 5 heteroatoms. The van der Waals surface area contributed by atoms with Crippen molar-refractivity contribution in [3.63, 3.8) is 0 Å². The molecule has 1 aromatic rings. The summed E-state index contributed by atoms with van der Waals surface area (Å²) in [7, 11) is 0. The quantitative estimate of drug-likeness (QED) is 0.867. The summed E-state index contributed by atoms with van der Waals surface area (Å²) in [5.74, 6) is -0.0331. The van der Waals surface area contributed by atoms with Crippen LogP contribution in [-0.4, -0.2) is 48.6 Å². The summed E-state index contributed by atoms with van der Waals surface area (Å²) in [4.78, 5) is 12.3. The van der Waals surface area contributed by atoms with Crippen LogP contribution in [0.25, 0.3) is 0 Å². The number of rotatable bonds is 3. The van der Waals surface area contributed by atoms with E-state index in [4.69, 9.17) is 9.47 Å². The molecule has 1 amide bonds. The minimum atomic E-state index is -0.589. The summed E-state index contributed by atoms with van der Waals surface area (Å²) in [6.07, 6.45) is -0.783. The highest BCUT2D eigenvalue weighted by Gasteiger charge is 2.47. The van der Waals surface area contributed by atoms with E-state index in [2.05, 4.69) is 24.4 Å². The monoisotopic (exact) mass is 305 g/mol. The molecule has 0 aliphatic carbocycles. The molecule has 0 bridgehead atoms. The van der Waals surface area contributed by atoms with Gasteiger partial charge in [-0.25, -0.2) is 0 Å². The maximum atomic E-state index is 12.3. The molecule has 0 unspecified atom stereocenters. The molecular formula is C17H23NO4. The smallest absolute Gasteiger partial charge is 0.224 e. The van der Waals surface area contributed by atoms with E-state index in [1.54, 1.807) is 0 Å². The van der Waals surface area contributed by atoms with Crippen LogP contribution in [0.1, 0.15) is 22.3 Å². The Kier molecular flexibility index (Phi) is 4.21. The Labute approximate surface area is 130 Å². The van der Waals surface area contributed by atoms with Gasteiger partial charge in [0, 0.05) is 0 Å². The normalized spacial score (nSPS) is 30.4. The van der Waals surface area contributed by atoms with Crippen molar-refractivity contribution in [1.29, 1.82) is 0 Å². The molecule has 0 radical (unpaired) electrons. The number of aryl methyl sites for hydroxylation is 3. The molecule has 2 N–H and O–H groups in total. The van der Waals surface area contributed by atoms with Crippen molar-refractivity contribution in [3.8, 4) is 0 Å². The van der Waals surface area contributed by atoms with Gasteiger partial charge in [0.15, 0.2) is 0 Å². The zero-order chi connectivity index (χ0) is 15.9. The largest absolute Gasteiger partial charge is 0.388 e. The van der Waals surface area contributed by atoms with Gasteiger partial charge in [0.2, 0.25) is 5.91 Å². The van der Waals surface area contributed by atoms with Gasteiger partial charge in [0.25, 0.3) is 0 Å². The van der Waals surface area contributed by atoms with Gasteiger partial charge in [-0.2, -0.15) is 0 Å². The first-order valence-corrected chi connectivity index (χ1v) is 7.73. The number of hydrogen-bond donors (Lipinski definition) is 2. The summed E-state index contributed by atoms with van der Waals surface area (Å²) < 4.78 is 11.1. The molecule has 2 heterocycles. The number of carbonyl (C=O) groups is 1. The van der Waals surface area contributed by atoms with E-state index >= 15 is 0 Å². The Morgan fingerprint density at radius 3 is 2.50 bits per heavy atom. The van der Waals surface area contributed by atoms with Crippen LogP contribution in [0.5, 0.6) is 0 Å². The van der Waals surface area contributed by atoms with Gasteiger partial charge in [0.1, 0.15) is 18.3 Å². The molecule has 2 aliphatic heterocycles. The van der Waals surface area contributed by atoms with E-state index in [9.17, 15) is 9.90 Å². The minimum absolute atomic E-state index is 0.0331. The number of fused-ring (bicyclic) bond motifs is 1. The van der Waals surface area contributed by atoms with E-state index in [0.29, 0.717) is 13.0 Å². The fourth-order valence-electron chi connectivity index (χ4n) is 3.51. The van der Waals surface area contributed by atoms with Gasteiger partial charge < -0.3 is 19.9 Å². The Hall–Kier alpha value is -1.43. The van der Waals surface area contributed by atoms with Gasteiger partial charge in [-0.3, -0.25) is 4.79 Å². The number of aliphatic hydroxyl groups is 1.